The number of piperidine rings is 3. The number of hydrogen-bond acceptors (Lipinski definition) is 3. The molecule has 3 aliphatic heterocycles. The number of nitrogens with one attached hydrogen (secondary N) is 1. The number of nitrogens with zero attached hydrogens (tertiary/aromatic N) is 3. The topological polar surface area (TPSA) is 33.1 Å². The minimum atomic E-state index is 0.654. The minimum absolute atomic E-state index is 0.654. The van der Waals surface area contributed by atoms with Crippen molar-refractivity contribution in [3.63, 3.8) is 0 Å². The fourth-order valence-corrected chi connectivity index (χ4v) is 3.35. The molecule has 0 amide bonds. The van der Waals surface area contributed by atoms with Gasteiger partial charge in [-0.25, -0.2) is 4.98 Å². The van der Waals surface area contributed by atoms with Crippen LogP contribution in [0.5, 0.6) is 0 Å². The van der Waals surface area contributed by atoms with Crippen molar-refractivity contribution in [2.45, 2.75) is 37.8 Å². The Hall–Kier alpha value is -1.03. The van der Waals surface area contributed by atoms with Gasteiger partial charge in [-0.1, -0.05) is 0 Å². The molecule has 1 N–H and O–H groups in total. The fourth-order valence-electron chi connectivity index (χ4n) is 3.35. The first-order chi connectivity index (χ1) is 8.40. The van der Waals surface area contributed by atoms with Gasteiger partial charge in [-0.3, -0.25) is 0 Å². The molecule has 1 aromatic heterocycles. The van der Waals surface area contributed by atoms with Crippen molar-refractivity contribution >= 4 is 5.95 Å². The van der Waals surface area contributed by atoms with E-state index in [4.69, 9.17) is 0 Å². The van der Waals surface area contributed by atoms with Crippen LogP contribution in [0.1, 0.15) is 31.7 Å². The molecule has 0 aromatic carbocycles. The quantitative estimate of drug-likeness (QED) is 0.861. The highest BCUT2D eigenvalue weighted by atomic mass is 15.3. The molecule has 4 heterocycles. The molecule has 1 aromatic rings. The summed E-state index contributed by atoms with van der Waals surface area (Å²) in [6.45, 7) is 3.84. The molecule has 3 saturated heterocycles. The SMILES string of the molecule is c1cn(C2CN3CCC2CC3)c(NC2CC2)n1. The number of imidazole rings is 1. The van der Waals surface area contributed by atoms with E-state index in [-0.39, 0.29) is 0 Å². The van der Waals surface area contributed by atoms with E-state index in [1.165, 1.54) is 45.3 Å². The molecule has 1 saturated carbocycles. The van der Waals surface area contributed by atoms with E-state index in [9.17, 15) is 0 Å². The maximum atomic E-state index is 4.49. The van der Waals surface area contributed by atoms with Gasteiger partial charge < -0.3 is 14.8 Å². The second-order valence-electron chi connectivity index (χ2n) is 5.78. The fraction of sp³-hybridized carbons (Fsp3) is 0.769. The van der Waals surface area contributed by atoms with Crippen molar-refractivity contribution in [3.8, 4) is 0 Å². The third-order valence-corrected chi connectivity index (χ3v) is 4.56. The maximum Gasteiger partial charge on any atom is 0.203 e. The Balaban J connectivity index is 1.58. The average molecular weight is 232 g/mol. The normalized spacial score (nSPS) is 36.1. The Morgan fingerprint density at radius 2 is 2.00 bits per heavy atom. The Morgan fingerprint density at radius 3 is 2.65 bits per heavy atom. The molecule has 1 aliphatic carbocycles. The smallest absolute Gasteiger partial charge is 0.203 e. The van der Waals surface area contributed by atoms with Crippen molar-refractivity contribution in [2.24, 2.45) is 5.92 Å². The summed E-state index contributed by atoms with van der Waals surface area (Å²) in [5.41, 5.74) is 0. The molecule has 0 radical (unpaired) electrons. The minimum Gasteiger partial charge on any atom is -0.353 e. The van der Waals surface area contributed by atoms with Crippen LogP contribution >= 0.6 is 0 Å². The molecule has 4 nitrogen and oxygen atoms in total. The molecule has 4 heteroatoms. The summed E-state index contributed by atoms with van der Waals surface area (Å²) in [6.07, 6.45) is 9.47. The van der Waals surface area contributed by atoms with Crippen molar-refractivity contribution in [1.82, 2.24) is 14.5 Å². The van der Waals surface area contributed by atoms with Crippen molar-refractivity contribution in [1.29, 1.82) is 0 Å². The lowest BCUT2D eigenvalue weighted by molar-refractivity contribution is 0.0579. The van der Waals surface area contributed by atoms with Crippen LogP contribution < -0.4 is 5.32 Å². The van der Waals surface area contributed by atoms with Crippen molar-refractivity contribution in [3.05, 3.63) is 12.4 Å². The number of aromatic nitrogens is 2. The van der Waals surface area contributed by atoms with Crippen LogP contribution in [0.2, 0.25) is 0 Å². The van der Waals surface area contributed by atoms with Gasteiger partial charge in [0.15, 0.2) is 0 Å². The van der Waals surface area contributed by atoms with Gasteiger partial charge in [-0.05, 0) is 44.7 Å². The molecule has 1 atom stereocenters. The zero-order chi connectivity index (χ0) is 11.2. The number of fused-ring (bicyclic) bond motifs is 3. The van der Waals surface area contributed by atoms with Crippen LogP contribution in [0.4, 0.5) is 5.95 Å². The van der Waals surface area contributed by atoms with Crippen molar-refractivity contribution in [2.75, 3.05) is 25.0 Å². The number of hydrogen-bond donors (Lipinski definition) is 1. The molecule has 92 valence electrons. The van der Waals surface area contributed by atoms with E-state index in [1.54, 1.807) is 0 Å². The van der Waals surface area contributed by atoms with Crippen LogP contribution in [0, 0.1) is 5.92 Å². The molecular formula is C13H20N4. The molecule has 4 aliphatic rings. The van der Waals surface area contributed by atoms with E-state index < -0.39 is 0 Å². The van der Waals surface area contributed by atoms with Gasteiger partial charge in [0.25, 0.3) is 0 Å². The van der Waals surface area contributed by atoms with E-state index in [2.05, 4.69) is 26.0 Å². The Morgan fingerprint density at radius 1 is 1.18 bits per heavy atom. The van der Waals surface area contributed by atoms with Crippen molar-refractivity contribution < 1.29 is 0 Å². The summed E-state index contributed by atoms with van der Waals surface area (Å²) in [7, 11) is 0. The zero-order valence-corrected chi connectivity index (χ0v) is 10.2. The maximum absolute atomic E-state index is 4.49. The van der Waals surface area contributed by atoms with Gasteiger partial charge in [-0.15, -0.1) is 0 Å². The first kappa shape index (κ1) is 9.95. The highest BCUT2D eigenvalue weighted by molar-refractivity contribution is 5.31. The predicted molar refractivity (Wildman–Crippen MR) is 67.1 cm³/mol. The Labute approximate surface area is 102 Å². The van der Waals surface area contributed by atoms with Crippen LogP contribution in [0.3, 0.4) is 0 Å². The van der Waals surface area contributed by atoms with E-state index in [0.717, 1.165) is 11.9 Å². The van der Waals surface area contributed by atoms with Crippen LogP contribution in [0.15, 0.2) is 12.4 Å². The lowest BCUT2D eigenvalue weighted by atomic mass is 9.84. The highest BCUT2D eigenvalue weighted by Gasteiger charge is 2.36. The molecule has 1 unspecified atom stereocenters. The van der Waals surface area contributed by atoms with Gasteiger partial charge in [0.05, 0.1) is 6.04 Å². The van der Waals surface area contributed by atoms with E-state index in [0.29, 0.717) is 12.1 Å². The molecule has 17 heavy (non-hydrogen) atoms. The zero-order valence-electron chi connectivity index (χ0n) is 10.2. The monoisotopic (exact) mass is 232 g/mol. The largest absolute Gasteiger partial charge is 0.353 e. The van der Waals surface area contributed by atoms with Gasteiger partial charge in [0, 0.05) is 25.0 Å². The van der Waals surface area contributed by atoms with Crippen LogP contribution in [0.25, 0.3) is 0 Å². The highest BCUT2D eigenvalue weighted by Crippen LogP contribution is 2.37. The summed E-state index contributed by atoms with van der Waals surface area (Å²) in [5.74, 6) is 1.97. The van der Waals surface area contributed by atoms with Gasteiger partial charge >= 0.3 is 0 Å². The van der Waals surface area contributed by atoms with Gasteiger partial charge in [0.2, 0.25) is 5.95 Å². The van der Waals surface area contributed by atoms with Gasteiger partial charge in [-0.2, -0.15) is 0 Å². The molecule has 5 rings (SSSR count). The van der Waals surface area contributed by atoms with Crippen LogP contribution in [-0.4, -0.2) is 40.1 Å². The Kier molecular flexibility index (Phi) is 2.18. The Bertz CT molecular complexity index is 401. The number of rotatable bonds is 3. The third-order valence-electron chi connectivity index (χ3n) is 4.56. The first-order valence-electron chi connectivity index (χ1n) is 6.92. The number of anilines is 1. The second kappa shape index (κ2) is 3.73. The van der Waals surface area contributed by atoms with E-state index in [1.807, 2.05) is 6.20 Å². The summed E-state index contributed by atoms with van der Waals surface area (Å²) in [4.78, 5) is 7.09. The van der Waals surface area contributed by atoms with Gasteiger partial charge in [0.1, 0.15) is 0 Å². The molecular weight excluding hydrogens is 212 g/mol. The lowest BCUT2D eigenvalue weighted by Crippen LogP contribution is -2.48. The molecule has 4 fully saturated rings. The third kappa shape index (κ3) is 1.75. The standard InChI is InChI=1S/C13H20N4/c1-2-11(1)15-13-14-5-8-17(13)12-9-16-6-3-10(12)4-7-16/h5,8,10-12H,1-4,6-7,9H2,(H,14,15). The lowest BCUT2D eigenvalue weighted by Gasteiger charge is -2.45. The second-order valence-corrected chi connectivity index (χ2v) is 5.78. The predicted octanol–water partition coefficient (Wildman–Crippen LogP) is 1.72. The average Bonchev–Trinajstić information content (AvgIpc) is 3.07. The molecule has 0 spiro atoms. The summed E-state index contributed by atoms with van der Waals surface area (Å²) < 4.78 is 2.40. The van der Waals surface area contributed by atoms with Crippen LogP contribution in [-0.2, 0) is 0 Å². The van der Waals surface area contributed by atoms with E-state index >= 15 is 0 Å². The summed E-state index contributed by atoms with van der Waals surface area (Å²) in [5, 5.41) is 3.55. The molecule has 2 bridgehead atoms. The summed E-state index contributed by atoms with van der Waals surface area (Å²) in [6, 6.07) is 1.35. The first-order valence-corrected chi connectivity index (χ1v) is 6.92. The summed E-state index contributed by atoms with van der Waals surface area (Å²) >= 11 is 0.